The molecular weight excluding hydrogens is 268 g/mol. The highest BCUT2D eigenvalue weighted by atomic mass is 14.8. The predicted octanol–water partition coefficient (Wildman–Crippen LogP) is 5.05. The third-order valence-electron chi connectivity index (χ3n) is 4.42. The number of rotatable bonds is 0. The molecule has 4 aromatic rings. The van der Waals surface area contributed by atoms with Crippen molar-refractivity contribution in [2.45, 2.75) is 13.8 Å². The van der Waals surface area contributed by atoms with Gasteiger partial charge in [-0.25, -0.2) is 9.97 Å². The van der Waals surface area contributed by atoms with Crippen LogP contribution in [0, 0.1) is 13.8 Å². The van der Waals surface area contributed by atoms with Gasteiger partial charge in [0.1, 0.15) is 0 Å². The van der Waals surface area contributed by atoms with Crippen LogP contribution in [-0.4, -0.2) is 9.97 Å². The lowest BCUT2D eigenvalue weighted by atomic mass is 9.99. The Morgan fingerprint density at radius 2 is 1.18 bits per heavy atom. The zero-order valence-corrected chi connectivity index (χ0v) is 12.5. The van der Waals surface area contributed by atoms with Crippen LogP contribution in [0.3, 0.4) is 0 Å². The van der Waals surface area contributed by atoms with Crippen molar-refractivity contribution in [3.63, 3.8) is 0 Å². The summed E-state index contributed by atoms with van der Waals surface area (Å²) in [6.07, 6.45) is 0. The van der Waals surface area contributed by atoms with Gasteiger partial charge in [0.05, 0.1) is 22.4 Å². The van der Waals surface area contributed by atoms with Crippen molar-refractivity contribution < 1.29 is 0 Å². The zero-order chi connectivity index (χ0) is 14.8. The second-order valence-electron chi connectivity index (χ2n) is 6.13. The summed E-state index contributed by atoms with van der Waals surface area (Å²) in [6.45, 7) is 4.29. The smallest absolute Gasteiger partial charge is 0.0979 e. The van der Waals surface area contributed by atoms with Crippen LogP contribution < -0.4 is 0 Å². The molecule has 1 aromatic heterocycles. The fourth-order valence-corrected chi connectivity index (χ4v) is 3.56. The number of nitrogens with zero attached hydrogens (tertiary/aromatic N) is 2. The molecule has 0 atom stereocenters. The summed E-state index contributed by atoms with van der Waals surface area (Å²) < 4.78 is 0. The van der Waals surface area contributed by atoms with E-state index in [1.807, 2.05) is 24.3 Å². The lowest BCUT2D eigenvalue weighted by Crippen LogP contribution is -1.90. The first-order chi connectivity index (χ1) is 10.7. The van der Waals surface area contributed by atoms with E-state index in [9.17, 15) is 0 Å². The molecule has 3 aromatic carbocycles. The molecule has 0 saturated carbocycles. The maximum Gasteiger partial charge on any atom is 0.0979 e. The molecule has 0 bridgehead atoms. The van der Waals surface area contributed by atoms with E-state index in [2.05, 4.69) is 38.1 Å². The zero-order valence-electron chi connectivity index (χ0n) is 12.5. The molecule has 0 spiro atoms. The van der Waals surface area contributed by atoms with Crippen LogP contribution in [0.5, 0.6) is 0 Å². The van der Waals surface area contributed by atoms with E-state index in [1.54, 1.807) is 0 Å². The van der Waals surface area contributed by atoms with Crippen LogP contribution in [0.2, 0.25) is 0 Å². The minimum Gasteiger partial charge on any atom is -0.244 e. The van der Waals surface area contributed by atoms with Crippen molar-refractivity contribution in [3.8, 4) is 22.5 Å². The molecule has 1 heterocycles. The lowest BCUT2D eigenvalue weighted by molar-refractivity contribution is 1.31. The summed E-state index contributed by atoms with van der Waals surface area (Å²) in [5.41, 5.74) is 8.93. The highest BCUT2D eigenvalue weighted by Crippen LogP contribution is 2.46. The Balaban J connectivity index is 2.02. The quantitative estimate of drug-likeness (QED) is 0.397. The number of hydrogen-bond acceptors (Lipinski definition) is 2. The molecule has 22 heavy (non-hydrogen) atoms. The van der Waals surface area contributed by atoms with Gasteiger partial charge in [-0.15, -0.1) is 0 Å². The van der Waals surface area contributed by atoms with Gasteiger partial charge in [-0.1, -0.05) is 24.3 Å². The van der Waals surface area contributed by atoms with Crippen LogP contribution in [-0.2, 0) is 0 Å². The summed E-state index contributed by atoms with van der Waals surface area (Å²) in [5, 5.41) is 2.58. The van der Waals surface area contributed by atoms with Crippen molar-refractivity contribution in [1.82, 2.24) is 9.97 Å². The van der Waals surface area contributed by atoms with Gasteiger partial charge >= 0.3 is 0 Å². The Kier molecular flexibility index (Phi) is 2.11. The molecule has 0 unspecified atom stereocenters. The van der Waals surface area contributed by atoms with Crippen molar-refractivity contribution in [3.05, 3.63) is 59.7 Å². The van der Waals surface area contributed by atoms with Gasteiger partial charge in [-0.05, 0) is 54.6 Å². The summed E-state index contributed by atoms with van der Waals surface area (Å²) in [4.78, 5) is 9.81. The van der Waals surface area contributed by atoms with Crippen molar-refractivity contribution in [1.29, 1.82) is 0 Å². The Morgan fingerprint density at radius 3 is 1.68 bits per heavy atom. The van der Waals surface area contributed by atoms with Gasteiger partial charge in [-0.2, -0.15) is 0 Å². The molecule has 1 aliphatic rings. The molecular formula is C20H14N2. The number of hydrogen-bond donors (Lipinski definition) is 0. The molecule has 0 N–H and O–H groups in total. The van der Waals surface area contributed by atoms with E-state index in [4.69, 9.17) is 9.97 Å². The minimum atomic E-state index is 0.959. The molecule has 0 aliphatic heterocycles. The Bertz CT molecular complexity index is 1010. The summed E-state index contributed by atoms with van der Waals surface area (Å²) >= 11 is 0. The first-order valence-electron chi connectivity index (χ1n) is 7.53. The van der Waals surface area contributed by atoms with Gasteiger partial charge in [0.2, 0.25) is 0 Å². The minimum absolute atomic E-state index is 0.959. The van der Waals surface area contributed by atoms with E-state index in [0.29, 0.717) is 0 Å². The van der Waals surface area contributed by atoms with Crippen molar-refractivity contribution in [2.75, 3.05) is 0 Å². The highest BCUT2D eigenvalue weighted by Gasteiger charge is 2.25. The van der Waals surface area contributed by atoms with E-state index >= 15 is 0 Å². The topological polar surface area (TPSA) is 25.8 Å². The average Bonchev–Trinajstić information content (AvgIpc) is 2.79. The van der Waals surface area contributed by atoms with Crippen molar-refractivity contribution in [2.24, 2.45) is 0 Å². The first kappa shape index (κ1) is 11.9. The van der Waals surface area contributed by atoms with E-state index in [0.717, 1.165) is 22.4 Å². The standard InChI is InChI=1S/C20H14N2/c1-11-7-13-8-12(2)10-15-18(13)14(9-11)19-20(15)22-17-6-4-3-5-16(17)21-19/h3-10H,1-2H3. The first-order valence-corrected chi connectivity index (χ1v) is 7.53. The third kappa shape index (κ3) is 1.44. The summed E-state index contributed by atoms with van der Waals surface area (Å²) in [7, 11) is 0. The normalized spacial score (nSPS) is 12.1. The second-order valence-corrected chi connectivity index (χ2v) is 6.13. The van der Waals surface area contributed by atoms with Gasteiger partial charge < -0.3 is 0 Å². The monoisotopic (exact) mass is 282 g/mol. The average molecular weight is 282 g/mol. The van der Waals surface area contributed by atoms with E-state index in [-0.39, 0.29) is 0 Å². The van der Waals surface area contributed by atoms with Crippen LogP contribution in [0.4, 0.5) is 0 Å². The number of para-hydroxylation sites is 2. The number of aromatic nitrogens is 2. The molecule has 5 rings (SSSR count). The van der Waals surface area contributed by atoms with Gasteiger partial charge in [-0.3, -0.25) is 0 Å². The van der Waals surface area contributed by atoms with Gasteiger partial charge in [0.15, 0.2) is 0 Å². The molecule has 0 saturated heterocycles. The van der Waals surface area contributed by atoms with Crippen LogP contribution in [0.1, 0.15) is 11.1 Å². The van der Waals surface area contributed by atoms with Gasteiger partial charge in [0, 0.05) is 16.5 Å². The summed E-state index contributed by atoms with van der Waals surface area (Å²) in [5.74, 6) is 0. The molecule has 0 fully saturated rings. The lowest BCUT2D eigenvalue weighted by Gasteiger charge is -2.05. The molecule has 0 radical (unpaired) electrons. The third-order valence-corrected chi connectivity index (χ3v) is 4.42. The second kappa shape index (κ2) is 3.92. The largest absolute Gasteiger partial charge is 0.244 e. The maximum absolute atomic E-state index is 4.90. The molecule has 2 heteroatoms. The Labute approximate surface area is 128 Å². The fraction of sp³-hybridized carbons (Fsp3) is 0.100. The molecule has 0 amide bonds. The van der Waals surface area contributed by atoms with Crippen molar-refractivity contribution >= 4 is 21.8 Å². The number of aryl methyl sites for hydroxylation is 2. The number of fused-ring (bicyclic) bond motifs is 4. The molecule has 104 valence electrons. The Morgan fingerprint density at radius 1 is 0.682 bits per heavy atom. The predicted molar refractivity (Wildman–Crippen MR) is 90.9 cm³/mol. The Hall–Kier alpha value is -2.74. The molecule has 2 nitrogen and oxygen atoms in total. The molecule has 1 aliphatic carbocycles. The van der Waals surface area contributed by atoms with Crippen LogP contribution >= 0.6 is 0 Å². The van der Waals surface area contributed by atoms with Gasteiger partial charge in [0.25, 0.3) is 0 Å². The van der Waals surface area contributed by atoms with Crippen LogP contribution in [0.15, 0.2) is 48.5 Å². The summed E-state index contributed by atoms with van der Waals surface area (Å²) in [6, 6.07) is 17.1. The van der Waals surface area contributed by atoms with E-state index < -0.39 is 0 Å². The maximum atomic E-state index is 4.90. The van der Waals surface area contributed by atoms with E-state index in [1.165, 1.54) is 33.0 Å². The fourth-order valence-electron chi connectivity index (χ4n) is 3.56. The van der Waals surface area contributed by atoms with Crippen LogP contribution in [0.25, 0.3) is 44.3 Å². The highest BCUT2D eigenvalue weighted by molar-refractivity contribution is 6.14. The number of benzene rings is 3. The SMILES string of the molecule is Cc1cc2c3c(cc(C)cc3c1)-c1nc3ccccc3nc1-2.